The van der Waals surface area contributed by atoms with Gasteiger partial charge >= 0.3 is 0 Å². The zero-order valence-corrected chi connectivity index (χ0v) is 21.3. The van der Waals surface area contributed by atoms with Crippen molar-refractivity contribution >= 4 is 23.2 Å². The summed E-state index contributed by atoms with van der Waals surface area (Å²) in [5.41, 5.74) is 3.70. The van der Waals surface area contributed by atoms with Crippen LogP contribution in [0.25, 0.3) is 0 Å². The second-order valence-corrected chi connectivity index (χ2v) is 10.7. The number of rotatable bonds is 4. The number of ketones is 2. The van der Waals surface area contributed by atoms with E-state index in [-0.39, 0.29) is 35.6 Å². The Balaban J connectivity index is 2.00. The lowest BCUT2D eigenvalue weighted by atomic mass is 9.58. The highest BCUT2D eigenvalue weighted by atomic mass is 16.3. The number of carbonyl (C=O) groups is 3. The molecule has 0 saturated carbocycles. The number of amides is 1. The minimum Gasteiger partial charge on any atom is -0.510 e. The number of Topliss-reactive ketones (excluding diaryl/α,β-unsaturated/α-hetero) is 2. The van der Waals surface area contributed by atoms with Crippen LogP contribution in [-0.2, 0) is 16.0 Å². The molecule has 10 nitrogen and oxygen atoms in total. The molecule has 0 heterocycles. The van der Waals surface area contributed by atoms with Gasteiger partial charge in [-0.25, -0.2) is 0 Å². The highest BCUT2D eigenvalue weighted by molar-refractivity contribution is 6.24. The molecule has 4 rings (SSSR count). The van der Waals surface area contributed by atoms with Gasteiger partial charge in [0, 0.05) is 31.3 Å². The molecule has 194 valence electrons. The summed E-state index contributed by atoms with van der Waals surface area (Å²) in [6.45, 7) is 3.77. The standard InChI is InChI=1S/C26H33N3O7/c1-10(2)12-9-15(28(3)4)13-7-11-8-14-19(29(5)6)22(32)18(25(27)35)24(34)26(14,36)23(33)16(11)21(31)17(13)20(12)30/h9-11,14,19,30,32-33,36H,7-8H2,1-6H3,(H2,27,35)/t11-,14-,19-,26-/m0/s1. The number of hydrogen-bond acceptors (Lipinski definition) is 9. The van der Waals surface area contributed by atoms with Gasteiger partial charge in [-0.2, -0.15) is 0 Å². The molecule has 1 aromatic carbocycles. The number of nitrogens with two attached hydrogens (primary N) is 1. The fourth-order valence-electron chi connectivity index (χ4n) is 6.16. The number of phenolic OH excluding ortho intramolecular Hbond substituents is 1. The first-order valence-corrected chi connectivity index (χ1v) is 11.9. The van der Waals surface area contributed by atoms with Gasteiger partial charge in [-0.1, -0.05) is 13.8 Å². The topological polar surface area (TPSA) is 165 Å². The number of aliphatic hydroxyl groups is 3. The third-order valence-electron chi connectivity index (χ3n) is 7.83. The maximum Gasteiger partial charge on any atom is 0.255 e. The van der Waals surface area contributed by atoms with E-state index in [0.29, 0.717) is 11.1 Å². The average molecular weight is 500 g/mol. The van der Waals surface area contributed by atoms with Crippen LogP contribution in [0, 0.1) is 11.8 Å². The Hall–Kier alpha value is -3.37. The Kier molecular flexibility index (Phi) is 5.96. The summed E-state index contributed by atoms with van der Waals surface area (Å²) in [6.07, 6.45) is 0.319. The van der Waals surface area contributed by atoms with Crippen LogP contribution in [0.2, 0.25) is 0 Å². The third-order valence-corrected chi connectivity index (χ3v) is 7.83. The molecular formula is C26H33N3O7. The number of anilines is 1. The molecule has 3 aliphatic carbocycles. The van der Waals surface area contributed by atoms with E-state index in [1.54, 1.807) is 14.1 Å². The molecular weight excluding hydrogens is 466 g/mol. The van der Waals surface area contributed by atoms with Gasteiger partial charge in [0.05, 0.1) is 11.6 Å². The van der Waals surface area contributed by atoms with Crippen LogP contribution in [0.5, 0.6) is 5.75 Å². The summed E-state index contributed by atoms with van der Waals surface area (Å²) in [4.78, 5) is 42.7. The number of phenols is 1. The van der Waals surface area contributed by atoms with E-state index in [4.69, 9.17) is 5.73 Å². The minimum atomic E-state index is -2.64. The van der Waals surface area contributed by atoms with Crippen molar-refractivity contribution in [1.82, 2.24) is 4.90 Å². The predicted octanol–water partition coefficient (Wildman–Crippen LogP) is 1.31. The van der Waals surface area contributed by atoms with E-state index < -0.39 is 58.0 Å². The lowest BCUT2D eigenvalue weighted by molar-refractivity contribution is -0.148. The lowest BCUT2D eigenvalue weighted by Crippen LogP contribution is -2.63. The van der Waals surface area contributed by atoms with Gasteiger partial charge in [-0.05, 0) is 56.0 Å². The number of benzene rings is 1. The number of fused-ring (bicyclic) bond motifs is 3. The molecule has 3 aliphatic rings. The van der Waals surface area contributed by atoms with Gasteiger partial charge < -0.3 is 31.1 Å². The second kappa shape index (κ2) is 8.35. The Morgan fingerprint density at radius 3 is 2.25 bits per heavy atom. The quantitative estimate of drug-likeness (QED) is 0.384. The molecule has 0 radical (unpaired) electrons. The van der Waals surface area contributed by atoms with Crippen LogP contribution < -0.4 is 10.6 Å². The maximum absolute atomic E-state index is 13.9. The molecule has 0 fully saturated rings. The number of aliphatic hydroxyl groups excluding tert-OH is 2. The summed E-state index contributed by atoms with van der Waals surface area (Å²) in [5, 5.41) is 45.0. The van der Waals surface area contributed by atoms with E-state index >= 15 is 0 Å². The Labute approximate surface area is 209 Å². The summed E-state index contributed by atoms with van der Waals surface area (Å²) < 4.78 is 0. The smallest absolute Gasteiger partial charge is 0.255 e. The van der Waals surface area contributed by atoms with Gasteiger partial charge in [0.2, 0.25) is 5.78 Å². The first-order chi connectivity index (χ1) is 16.7. The molecule has 10 heteroatoms. The minimum absolute atomic E-state index is 0.0330. The van der Waals surface area contributed by atoms with Crippen LogP contribution in [0.4, 0.5) is 5.69 Å². The fraction of sp³-hybridized carbons (Fsp3) is 0.500. The van der Waals surface area contributed by atoms with Crippen LogP contribution in [0.1, 0.15) is 47.7 Å². The third kappa shape index (κ3) is 3.27. The van der Waals surface area contributed by atoms with E-state index in [1.807, 2.05) is 38.9 Å². The van der Waals surface area contributed by atoms with Crippen molar-refractivity contribution in [2.45, 2.75) is 44.2 Å². The van der Waals surface area contributed by atoms with Crippen molar-refractivity contribution in [2.75, 3.05) is 33.1 Å². The molecule has 0 aromatic heterocycles. The molecule has 6 N–H and O–H groups in total. The largest absolute Gasteiger partial charge is 0.510 e. The molecule has 36 heavy (non-hydrogen) atoms. The first-order valence-electron chi connectivity index (χ1n) is 11.9. The molecule has 0 unspecified atom stereocenters. The zero-order chi connectivity index (χ0) is 27.0. The molecule has 0 spiro atoms. The van der Waals surface area contributed by atoms with E-state index in [9.17, 15) is 34.8 Å². The molecule has 4 atom stereocenters. The van der Waals surface area contributed by atoms with Gasteiger partial charge in [-0.3, -0.25) is 19.3 Å². The Bertz CT molecular complexity index is 1260. The number of allylic oxidation sites excluding steroid dienone is 1. The van der Waals surface area contributed by atoms with Crippen molar-refractivity contribution in [3.8, 4) is 5.75 Å². The fourth-order valence-corrected chi connectivity index (χ4v) is 6.16. The van der Waals surface area contributed by atoms with Crippen molar-refractivity contribution in [3.63, 3.8) is 0 Å². The van der Waals surface area contributed by atoms with E-state index in [1.165, 1.54) is 4.90 Å². The highest BCUT2D eigenvalue weighted by Gasteiger charge is 2.63. The van der Waals surface area contributed by atoms with Crippen molar-refractivity contribution in [2.24, 2.45) is 17.6 Å². The van der Waals surface area contributed by atoms with Gasteiger partial charge in [0.25, 0.3) is 5.91 Å². The molecule has 1 aromatic rings. The van der Waals surface area contributed by atoms with Crippen molar-refractivity contribution in [1.29, 1.82) is 0 Å². The molecule has 1 amide bonds. The maximum atomic E-state index is 13.9. The number of likely N-dealkylation sites (N-methyl/N-ethyl adjacent to an activating group) is 1. The first kappa shape index (κ1) is 25.7. The van der Waals surface area contributed by atoms with Crippen LogP contribution >= 0.6 is 0 Å². The summed E-state index contributed by atoms with van der Waals surface area (Å²) >= 11 is 0. The van der Waals surface area contributed by atoms with Crippen molar-refractivity contribution in [3.05, 3.63) is 45.4 Å². The molecule has 0 saturated heterocycles. The monoisotopic (exact) mass is 499 g/mol. The van der Waals surface area contributed by atoms with E-state index in [2.05, 4.69) is 0 Å². The lowest BCUT2D eigenvalue weighted by Gasteiger charge is -2.50. The number of aromatic hydroxyl groups is 1. The number of hydrogen-bond donors (Lipinski definition) is 5. The van der Waals surface area contributed by atoms with Gasteiger partial charge in [-0.15, -0.1) is 0 Å². The normalized spacial score (nSPS) is 27.9. The number of primary amides is 1. The Morgan fingerprint density at radius 1 is 1.14 bits per heavy atom. The highest BCUT2D eigenvalue weighted by Crippen LogP contribution is 2.53. The van der Waals surface area contributed by atoms with Crippen LogP contribution in [0.15, 0.2) is 28.7 Å². The average Bonchev–Trinajstić information content (AvgIpc) is 2.75. The SMILES string of the molecule is CC(C)c1cc(N(C)C)c2c(c1O)C(=O)C1=C(O)[C@]3(O)C(=O)C(C(N)=O)=C(O)[C@@H](N(C)C)[C@@H]3C[C@@H]1C2. The molecule has 0 aliphatic heterocycles. The molecule has 0 bridgehead atoms. The second-order valence-electron chi connectivity index (χ2n) is 10.7. The van der Waals surface area contributed by atoms with Gasteiger partial charge in [0.1, 0.15) is 22.8 Å². The Morgan fingerprint density at radius 2 is 1.75 bits per heavy atom. The number of nitrogens with zero attached hydrogens (tertiary/aromatic N) is 2. The summed E-state index contributed by atoms with van der Waals surface area (Å²) in [5.74, 6) is -6.55. The summed E-state index contributed by atoms with van der Waals surface area (Å²) in [6, 6.07) is 0.834. The number of carbonyl (C=O) groups excluding carboxylic acids is 3. The van der Waals surface area contributed by atoms with Gasteiger partial charge in [0.15, 0.2) is 11.4 Å². The van der Waals surface area contributed by atoms with Crippen LogP contribution in [0.3, 0.4) is 0 Å². The summed E-state index contributed by atoms with van der Waals surface area (Å²) in [7, 11) is 6.87. The van der Waals surface area contributed by atoms with E-state index in [0.717, 1.165) is 5.69 Å². The zero-order valence-electron chi connectivity index (χ0n) is 21.3. The van der Waals surface area contributed by atoms with Crippen LogP contribution in [-0.4, -0.2) is 82.6 Å². The predicted molar refractivity (Wildman–Crippen MR) is 132 cm³/mol. The van der Waals surface area contributed by atoms with Crippen molar-refractivity contribution < 1.29 is 34.8 Å².